The number of methoxy groups -OCH3 is 1. The first-order valence-electron chi connectivity index (χ1n) is 13.3. The highest BCUT2D eigenvalue weighted by atomic mass is 16.5. The highest BCUT2D eigenvalue weighted by Crippen LogP contribution is 2.13. The summed E-state index contributed by atoms with van der Waals surface area (Å²) in [5, 5.41) is 11.1. The second-order valence-electron chi connectivity index (χ2n) is 10.5. The van der Waals surface area contributed by atoms with Crippen LogP contribution < -0.4 is 21.3 Å². The van der Waals surface area contributed by atoms with Crippen LogP contribution in [0.1, 0.15) is 66.0 Å². The van der Waals surface area contributed by atoms with Crippen molar-refractivity contribution in [1.82, 2.24) is 21.3 Å². The molecule has 2 rings (SSSR count). The van der Waals surface area contributed by atoms with E-state index in [-0.39, 0.29) is 56.3 Å². The zero-order valence-electron chi connectivity index (χ0n) is 24.3. The Morgan fingerprint density at radius 3 is 1.76 bits per heavy atom. The highest BCUT2D eigenvalue weighted by molar-refractivity contribution is 5.94. The molecule has 0 saturated carbocycles. The first-order valence-corrected chi connectivity index (χ1v) is 13.3. The Labute approximate surface area is 240 Å². The second-order valence-corrected chi connectivity index (χ2v) is 10.5. The molecule has 1 unspecified atom stereocenters. The Balaban J connectivity index is 1.74. The van der Waals surface area contributed by atoms with Gasteiger partial charge in [-0.1, -0.05) is 45.0 Å². The maximum atomic E-state index is 12.6. The molecule has 0 heterocycles. The van der Waals surface area contributed by atoms with E-state index in [1.165, 1.54) is 14.0 Å². The molecule has 0 spiro atoms. The molecule has 4 N–H and O–H groups in total. The van der Waals surface area contributed by atoms with Crippen LogP contribution in [0.5, 0.6) is 0 Å². The average Bonchev–Trinajstić information content (AvgIpc) is 2.94. The third-order valence-electron chi connectivity index (χ3n) is 5.99. The molecule has 4 amide bonds. The van der Waals surface area contributed by atoms with E-state index in [1.807, 2.05) is 20.8 Å². The van der Waals surface area contributed by atoms with Gasteiger partial charge in [0.1, 0.15) is 6.61 Å². The van der Waals surface area contributed by atoms with Crippen LogP contribution in [0.3, 0.4) is 0 Å². The fourth-order valence-electron chi connectivity index (χ4n) is 3.48. The smallest absolute Gasteiger partial charge is 0.302 e. The molecule has 41 heavy (non-hydrogen) atoms. The largest absolute Gasteiger partial charge is 0.464 e. The van der Waals surface area contributed by atoms with Crippen LogP contribution in [0.25, 0.3) is 0 Å². The normalized spacial score (nSPS) is 11.6. The third-order valence-corrected chi connectivity index (χ3v) is 5.99. The van der Waals surface area contributed by atoms with Crippen LogP contribution in [-0.2, 0) is 36.9 Å². The molecule has 0 aliphatic heterocycles. The fourth-order valence-corrected chi connectivity index (χ4v) is 3.48. The number of esters is 1. The Morgan fingerprint density at radius 2 is 1.27 bits per heavy atom. The molecule has 11 heteroatoms. The number of amides is 4. The first kappa shape index (κ1) is 33.0. The van der Waals surface area contributed by atoms with Gasteiger partial charge in [0.15, 0.2) is 0 Å². The van der Waals surface area contributed by atoms with E-state index in [0.29, 0.717) is 17.7 Å². The van der Waals surface area contributed by atoms with Gasteiger partial charge >= 0.3 is 5.97 Å². The summed E-state index contributed by atoms with van der Waals surface area (Å²) in [6.07, 6.45) is -0.477. The molecule has 0 aliphatic carbocycles. The van der Waals surface area contributed by atoms with Crippen LogP contribution in [0, 0.1) is 5.41 Å². The predicted octanol–water partition coefficient (Wildman–Crippen LogP) is 2.09. The lowest BCUT2D eigenvalue weighted by Crippen LogP contribution is -2.37. The standard InChI is InChI=1S/C30H40N4O7/c1-20(35)41-15-14-31-27(37)23-10-6-21(7-11-23)17-32-26(36)16-25(40-5)19-33-28(38)24-12-8-22(9-13-24)18-34-29(39)30(2,3)4/h6-13,25H,14-19H2,1-5H3,(H,31,37)(H,32,36)(H,33,38)(H,34,39). The van der Waals surface area contributed by atoms with Gasteiger partial charge in [-0.25, -0.2) is 0 Å². The summed E-state index contributed by atoms with van der Waals surface area (Å²) in [6.45, 7) is 7.92. The molecule has 2 aromatic carbocycles. The van der Waals surface area contributed by atoms with Crippen LogP contribution in [0.15, 0.2) is 48.5 Å². The van der Waals surface area contributed by atoms with Crippen molar-refractivity contribution in [3.05, 3.63) is 70.8 Å². The van der Waals surface area contributed by atoms with Gasteiger partial charge < -0.3 is 30.7 Å². The number of hydrogen-bond donors (Lipinski definition) is 4. The van der Waals surface area contributed by atoms with Crippen molar-refractivity contribution in [2.24, 2.45) is 5.41 Å². The van der Waals surface area contributed by atoms with Gasteiger partial charge in [0, 0.05) is 50.2 Å². The molecule has 222 valence electrons. The van der Waals surface area contributed by atoms with Gasteiger partial charge in [-0.2, -0.15) is 0 Å². The predicted molar refractivity (Wildman–Crippen MR) is 153 cm³/mol. The van der Waals surface area contributed by atoms with Crippen molar-refractivity contribution >= 4 is 29.6 Å². The fraction of sp³-hybridized carbons (Fsp3) is 0.433. The van der Waals surface area contributed by atoms with Crippen molar-refractivity contribution in [1.29, 1.82) is 0 Å². The van der Waals surface area contributed by atoms with Gasteiger partial charge in [-0.3, -0.25) is 24.0 Å². The Hall–Kier alpha value is -4.25. The van der Waals surface area contributed by atoms with Crippen molar-refractivity contribution < 1.29 is 33.4 Å². The lowest BCUT2D eigenvalue weighted by molar-refractivity contribution is -0.140. The quantitative estimate of drug-likeness (QED) is 0.201. The van der Waals surface area contributed by atoms with Crippen molar-refractivity contribution in [2.75, 3.05) is 26.8 Å². The van der Waals surface area contributed by atoms with E-state index >= 15 is 0 Å². The minimum Gasteiger partial charge on any atom is -0.464 e. The molecule has 0 radical (unpaired) electrons. The van der Waals surface area contributed by atoms with E-state index in [1.54, 1.807) is 48.5 Å². The molecule has 11 nitrogen and oxygen atoms in total. The van der Waals surface area contributed by atoms with Crippen molar-refractivity contribution in [2.45, 2.75) is 53.3 Å². The highest BCUT2D eigenvalue weighted by Gasteiger charge is 2.20. The molecule has 0 aromatic heterocycles. The minimum absolute atomic E-state index is 0.0476. The molecule has 2 aromatic rings. The Morgan fingerprint density at radius 1 is 0.756 bits per heavy atom. The summed E-state index contributed by atoms with van der Waals surface area (Å²) in [4.78, 5) is 59.9. The van der Waals surface area contributed by atoms with E-state index in [2.05, 4.69) is 21.3 Å². The summed E-state index contributed by atoms with van der Waals surface area (Å²) in [7, 11) is 1.47. The molecule has 0 saturated heterocycles. The first-order chi connectivity index (χ1) is 19.4. The third kappa shape index (κ3) is 12.2. The number of ether oxygens (including phenoxy) is 2. The minimum atomic E-state index is -0.524. The van der Waals surface area contributed by atoms with Gasteiger partial charge in [0.2, 0.25) is 11.8 Å². The lowest BCUT2D eigenvalue weighted by atomic mass is 9.95. The molecular formula is C30H40N4O7. The number of carbonyl (C=O) groups is 5. The van der Waals surface area contributed by atoms with E-state index in [4.69, 9.17) is 9.47 Å². The van der Waals surface area contributed by atoms with E-state index < -0.39 is 17.5 Å². The number of carbonyl (C=O) groups excluding carboxylic acids is 5. The van der Waals surface area contributed by atoms with Crippen LogP contribution >= 0.6 is 0 Å². The van der Waals surface area contributed by atoms with Gasteiger partial charge in [0.05, 0.1) is 19.1 Å². The van der Waals surface area contributed by atoms with Gasteiger partial charge in [-0.05, 0) is 35.4 Å². The van der Waals surface area contributed by atoms with Crippen LogP contribution in [0.2, 0.25) is 0 Å². The maximum Gasteiger partial charge on any atom is 0.302 e. The summed E-state index contributed by atoms with van der Waals surface area (Å²) in [6, 6.07) is 13.7. The number of nitrogens with one attached hydrogen (secondary N) is 4. The summed E-state index contributed by atoms with van der Waals surface area (Å²) < 4.78 is 10.1. The van der Waals surface area contributed by atoms with E-state index in [9.17, 15) is 24.0 Å². The van der Waals surface area contributed by atoms with Crippen molar-refractivity contribution in [3.8, 4) is 0 Å². The molecule has 1 atom stereocenters. The summed E-state index contributed by atoms with van der Waals surface area (Å²) in [5.74, 6) is -1.30. The molecular weight excluding hydrogens is 528 g/mol. The van der Waals surface area contributed by atoms with Gasteiger partial charge in [-0.15, -0.1) is 0 Å². The lowest BCUT2D eigenvalue weighted by Gasteiger charge is -2.18. The van der Waals surface area contributed by atoms with Crippen molar-refractivity contribution in [3.63, 3.8) is 0 Å². The second kappa shape index (κ2) is 16.1. The van der Waals surface area contributed by atoms with Crippen LogP contribution in [0.4, 0.5) is 0 Å². The maximum absolute atomic E-state index is 12.6. The zero-order valence-corrected chi connectivity index (χ0v) is 24.3. The molecule has 0 fully saturated rings. The average molecular weight is 569 g/mol. The summed E-state index contributed by atoms with van der Waals surface area (Å²) >= 11 is 0. The number of benzene rings is 2. The zero-order chi connectivity index (χ0) is 30.4. The van der Waals surface area contributed by atoms with Crippen LogP contribution in [-0.4, -0.2) is 62.5 Å². The molecule has 0 bridgehead atoms. The Bertz CT molecular complexity index is 1190. The van der Waals surface area contributed by atoms with E-state index in [0.717, 1.165) is 11.1 Å². The Kier molecular flexibility index (Phi) is 13.0. The number of hydrogen-bond acceptors (Lipinski definition) is 7. The van der Waals surface area contributed by atoms with Gasteiger partial charge in [0.25, 0.3) is 11.8 Å². The monoisotopic (exact) mass is 568 g/mol. The number of rotatable bonds is 14. The topological polar surface area (TPSA) is 152 Å². The SMILES string of the molecule is COC(CNC(=O)c1ccc(CNC(=O)C(C)(C)C)cc1)CC(=O)NCc1ccc(C(=O)NCCOC(C)=O)cc1. The molecule has 0 aliphatic rings. The summed E-state index contributed by atoms with van der Waals surface area (Å²) in [5.41, 5.74) is 2.10.